The van der Waals surface area contributed by atoms with E-state index >= 15 is 0 Å². The maximum absolute atomic E-state index is 10.6. The molecule has 64 valence electrons. The van der Waals surface area contributed by atoms with Gasteiger partial charge in [-0.1, -0.05) is 19.9 Å². The number of carbonyl (C=O) groups excluding carboxylic acids is 1. The van der Waals surface area contributed by atoms with Gasteiger partial charge in [-0.05, 0) is 25.2 Å². The fourth-order valence-corrected chi connectivity index (χ4v) is 1.58. The van der Waals surface area contributed by atoms with Crippen molar-refractivity contribution in [2.75, 3.05) is 6.26 Å². The van der Waals surface area contributed by atoms with Crippen LogP contribution in [0, 0.1) is 5.92 Å². The van der Waals surface area contributed by atoms with Gasteiger partial charge < -0.3 is 0 Å². The summed E-state index contributed by atoms with van der Waals surface area (Å²) in [7, 11) is 0. The topological polar surface area (TPSA) is 17.1 Å². The monoisotopic (exact) mass is 172 g/mol. The van der Waals surface area contributed by atoms with Crippen molar-refractivity contribution in [2.45, 2.75) is 26.0 Å². The molecule has 0 rings (SSSR count). The lowest BCUT2D eigenvalue weighted by Gasteiger charge is -2.12. The van der Waals surface area contributed by atoms with Crippen LogP contribution in [0.5, 0.6) is 0 Å². The highest BCUT2D eigenvalue weighted by Crippen LogP contribution is 2.17. The maximum Gasteiger partial charge on any atom is 0.152 e. The minimum atomic E-state index is 0.129. The molecule has 0 aromatic carbocycles. The Balaban J connectivity index is 3.97. The first-order valence-corrected chi connectivity index (χ1v) is 5.08. The molecular formula is C9H16OS. The van der Waals surface area contributed by atoms with Crippen molar-refractivity contribution in [2.24, 2.45) is 5.92 Å². The molecule has 0 aliphatic carbocycles. The average Bonchev–Trinajstić information content (AvgIpc) is 1.87. The van der Waals surface area contributed by atoms with Crippen molar-refractivity contribution < 1.29 is 4.79 Å². The van der Waals surface area contributed by atoms with E-state index in [-0.39, 0.29) is 5.78 Å². The lowest BCUT2D eigenvalue weighted by Crippen LogP contribution is -2.07. The van der Waals surface area contributed by atoms with E-state index < -0.39 is 0 Å². The second-order valence-corrected chi connectivity index (χ2v) is 3.93. The molecule has 0 amide bonds. The third kappa shape index (κ3) is 5.08. The summed E-state index contributed by atoms with van der Waals surface area (Å²) < 4.78 is 0. The van der Waals surface area contributed by atoms with E-state index in [0.717, 1.165) is 0 Å². The van der Waals surface area contributed by atoms with Crippen molar-refractivity contribution in [3.05, 3.63) is 12.2 Å². The van der Waals surface area contributed by atoms with E-state index in [4.69, 9.17) is 0 Å². The Bertz CT molecular complexity index is 150. The summed E-state index contributed by atoms with van der Waals surface area (Å²) in [5.74, 6) is 0.727. The second kappa shape index (κ2) is 5.42. The molecule has 0 fully saturated rings. The van der Waals surface area contributed by atoms with Crippen molar-refractivity contribution in [1.82, 2.24) is 0 Å². The second-order valence-electron chi connectivity index (χ2n) is 2.91. The molecule has 2 heteroatoms. The minimum Gasteiger partial charge on any atom is -0.295 e. The van der Waals surface area contributed by atoms with E-state index in [1.165, 1.54) is 0 Å². The average molecular weight is 172 g/mol. The third-order valence-electron chi connectivity index (χ3n) is 1.45. The van der Waals surface area contributed by atoms with Gasteiger partial charge in [0.1, 0.15) is 0 Å². The Morgan fingerprint density at radius 3 is 2.27 bits per heavy atom. The number of hydrogen-bond donors (Lipinski definition) is 0. The van der Waals surface area contributed by atoms with Crippen molar-refractivity contribution in [1.29, 1.82) is 0 Å². The van der Waals surface area contributed by atoms with E-state index in [1.54, 1.807) is 24.8 Å². The van der Waals surface area contributed by atoms with Crippen molar-refractivity contribution >= 4 is 17.5 Å². The highest BCUT2D eigenvalue weighted by Gasteiger charge is 2.06. The SMILES string of the molecule is CSC(/C=C/C(C)=O)C(C)C. The first-order valence-electron chi connectivity index (χ1n) is 3.79. The molecule has 1 unspecified atom stereocenters. The van der Waals surface area contributed by atoms with Crippen LogP contribution in [0.4, 0.5) is 0 Å². The molecule has 1 atom stereocenters. The van der Waals surface area contributed by atoms with Crippen LogP contribution in [-0.2, 0) is 4.79 Å². The Hall–Kier alpha value is -0.240. The van der Waals surface area contributed by atoms with Gasteiger partial charge in [0.15, 0.2) is 5.78 Å². The standard InChI is InChI=1S/C9H16OS/c1-7(2)9(11-4)6-5-8(3)10/h5-7,9H,1-4H3/b6-5+. The van der Waals surface area contributed by atoms with E-state index in [1.807, 2.05) is 6.08 Å². The van der Waals surface area contributed by atoms with Gasteiger partial charge in [0.25, 0.3) is 0 Å². The van der Waals surface area contributed by atoms with Gasteiger partial charge in [-0.2, -0.15) is 11.8 Å². The molecule has 0 aromatic heterocycles. The van der Waals surface area contributed by atoms with Gasteiger partial charge in [-0.15, -0.1) is 0 Å². The molecule has 0 radical (unpaired) electrons. The lowest BCUT2D eigenvalue weighted by molar-refractivity contribution is -0.112. The summed E-state index contributed by atoms with van der Waals surface area (Å²) in [6.45, 7) is 5.89. The van der Waals surface area contributed by atoms with E-state index in [0.29, 0.717) is 11.2 Å². The van der Waals surface area contributed by atoms with Crippen LogP contribution in [0.25, 0.3) is 0 Å². The normalized spacial score (nSPS) is 14.3. The van der Waals surface area contributed by atoms with Gasteiger partial charge in [-0.25, -0.2) is 0 Å². The Labute approximate surface area is 73.3 Å². The largest absolute Gasteiger partial charge is 0.295 e. The number of allylic oxidation sites excluding steroid dienone is 1. The quantitative estimate of drug-likeness (QED) is 0.606. The molecule has 0 spiro atoms. The molecule has 0 saturated heterocycles. The summed E-state index contributed by atoms with van der Waals surface area (Å²) in [5.41, 5.74) is 0. The predicted octanol–water partition coefficient (Wildman–Crippen LogP) is 2.52. The molecule has 11 heavy (non-hydrogen) atoms. The summed E-state index contributed by atoms with van der Waals surface area (Å²) in [6, 6.07) is 0. The summed E-state index contributed by atoms with van der Waals surface area (Å²) in [5, 5.41) is 0.471. The van der Waals surface area contributed by atoms with Crippen LogP contribution in [0.15, 0.2) is 12.2 Å². The van der Waals surface area contributed by atoms with Gasteiger partial charge >= 0.3 is 0 Å². The van der Waals surface area contributed by atoms with Gasteiger partial charge in [0.2, 0.25) is 0 Å². The molecule has 0 saturated carbocycles. The van der Waals surface area contributed by atoms with Crippen molar-refractivity contribution in [3.8, 4) is 0 Å². The number of ketones is 1. The molecule has 0 aliphatic rings. The van der Waals surface area contributed by atoms with Crippen LogP contribution in [-0.4, -0.2) is 17.3 Å². The zero-order chi connectivity index (χ0) is 8.85. The molecule has 0 heterocycles. The minimum absolute atomic E-state index is 0.129. The molecule has 0 bridgehead atoms. The summed E-state index contributed by atoms with van der Waals surface area (Å²) in [4.78, 5) is 10.6. The third-order valence-corrected chi connectivity index (χ3v) is 2.70. The molecule has 1 nitrogen and oxygen atoms in total. The first-order chi connectivity index (χ1) is 5.07. The highest BCUT2D eigenvalue weighted by atomic mass is 32.2. The van der Waals surface area contributed by atoms with Crippen LogP contribution < -0.4 is 0 Å². The maximum atomic E-state index is 10.6. The van der Waals surface area contributed by atoms with E-state index in [9.17, 15) is 4.79 Å². The molecular weight excluding hydrogens is 156 g/mol. The fraction of sp³-hybridized carbons (Fsp3) is 0.667. The van der Waals surface area contributed by atoms with Crippen LogP contribution in [0.2, 0.25) is 0 Å². The number of rotatable bonds is 4. The molecule has 0 aromatic rings. The molecule has 0 N–H and O–H groups in total. The number of carbonyl (C=O) groups is 1. The number of thioether (sulfide) groups is 1. The lowest BCUT2D eigenvalue weighted by atomic mass is 10.1. The van der Waals surface area contributed by atoms with Crippen LogP contribution >= 0.6 is 11.8 Å². The fourth-order valence-electron chi connectivity index (χ4n) is 0.803. The Morgan fingerprint density at radius 1 is 1.45 bits per heavy atom. The Morgan fingerprint density at radius 2 is 2.00 bits per heavy atom. The summed E-state index contributed by atoms with van der Waals surface area (Å²) in [6.07, 6.45) is 5.70. The zero-order valence-electron chi connectivity index (χ0n) is 7.63. The van der Waals surface area contributed by atoms with Gasteiger partial charge in [0, 0.05) is 5.25 Å². The smallest absolute Gasteiger partial charge is 0.152 e. The Kier molecular flexibility index (Phi) is 5.30. The van der Waals surface area contributed by atoms with Crippen LogP contribution in [0.3, 0.4) is 0 Å². The first kappa shape index (κ1) is 10.8. The molecule has 0 aliphatic heterocycles. The van der Waals surface area contributed by atoms with Gasteiger partial charge in [0.05, 0.1) is 0 Å². The van der Waals surface area contributed by atoms with Gasteiger partial charge in [-0.3, -0.25) is 4.79 Å². The number of hydrogen-bond acceptors (Lipinski definition) is 2. The zero-order valence-corrected chi connectivity index (χ0v) is 8.44. The van der Waals surface area contributed by atoms with Crippen LogP contribution in [0.1, 0.15) is 20.8 Å². The van der Waals surface area contributed by atoms with E-state index in [2.05, 4.69) is 20.1 Å². The van der Waals surface area contributed by atoms with Crippen molar-refractivity contribution in [3.63, 3.8) is 0 Å². The highest BCUT2D eigenvalue weighted by molar-refractivity contribution is 7.99. The predicted molar refractivity (Wildman–Crippen MR) is 52.0 cm³/mol. The summed E-state index contributed by atoms with van der Waals surface area (Å²) >= 11 is 1.78.